The third-order valence-electron chi connectivity index (χ3n) is 3.82. The highest BCUT2D eigenvalue weighted by Gasteiger charge is 2.24. The number of nitrogens with zero attached hydrogens (tertiary/aromatic N) is 4. The van der Waals surface area contributed by atoms with Crippen molar-refractivity contribution in [2.75, 3.05) is 19.7 Å². The molecular weight excluding hydrogens is 280 g/mol. The van der Waals surface area contributed by atoms with Crippen molar-refractivity contribution in [2.45, 2.75) is 45.4 Å². The average molecular weight is 304 g/mol. The fourth-order valence-corrected chi connectivity index (χ4v) is 2.57. The molecule has 1 saturated heterocycles. The van der Waals surface area contributed by atoms with Crippen LogP contribution < -0.4 is 0 Å². The van der Waals surface area contributed by atoms with Gasteiger partial charge in [0.2, 0.25) is 5.89 Å². The van der Waals surface area contributed by atoms with E-state index >= 15 is 0 Å². The third-order valence-corrected chi connectivity index (χ3v) is 3.82. The molecule has 1 fully saturated rings. The smallest absolute Gasteiger partial charge is 0.208 e. The lowest BCUT2D eigenvalue weighted by atomic mass is 9.94. The van der Waals surface area contributed by atoms with Crippen LogP contribution in [0.15, 0.2) is 29.1 Å². The maximum atomic E-state index is 5.88. The monoisotopic (exact) mass is 304 g/mol. The van der Waals surface area contributed by atoms with Crippen LogP contribution >= 0.6 is 0 Å². The van der Waals surface area contributed by atoms with Gasteiger partial charge in [0.25, 0.3) is 0 Å². The summed E-state index contributed by atoms with van der Waals surface area (Å²) in [6.07, 6.45) is 5.76. The maximum Gasteiger partial charge on any atom is 0.208 e. The van der Waals surface area contributed by atoms with Crippen LogP contribution in [0, 0.1) is 0 Å². The molecule has 2 aromatic rings. The van der Waals surface area contributed by atoms with Gasteiger partial charge in [-0.15, -0.1) is 0 Å². The summed E-state index contributed by atoms with van der Waals surface area (Å²) in [4.78, 5) is 6.74. The molecule has 120 valence electrons. The van der Waals surface area contributed by atoms with Crippen molar-refractivity contribution in [1.82, 2.24) is 19.7 Å². The highest BCUT2D eigenvalue weighted by Crippen LogP contribution is 2.23. The second-order valence-corrected chi connectivity index (χ2v) is 6.82. The molecule has 0 aromatic carbocycles. The zero-order valence-electron chi connectivity index (χ0n) is 13.5. The minimum absolute atomic E-state index is 0.00110. The van der Waals surface area contributed by atoms with Crippen molar-refractivity contribution in [3.05, 3.63) is 36.3 Å². The van der Waals surface area contributed by atoms with E-state index in [-0.39, 0.29) is 11.5 Å². The molecule has 0 amide bonds. The average Bonchev–Trinajstić information content (AvgIpc) is 3.10. The summed E-state index contributed by atoms with van der Waals surface area (Å²) in [5.41, 5.74) is -0.00110. The Labute approximate surface area is 131 Å². The molecule has 0 saturated carbocycles. The van der Waals surface area contributed by atoms with Gasteiger partial charge in [-0.1, -0.05) is 20.8 Å². The number of morpholine rings is 1. The molecule has 1 atom stereocenters. The molecule has 1 aliphatic rings. The number of rotatable bonds is 4. The van der Waals surface area contributed by atoms with E-state index in [2.05, 4.69) is 35.8 Å². The fourth-order valence-electron chi connectivity index (χ4n) is 2.57. The van der Waals surface area contributed by atoms with E-state index in [0.29, 0.717) is 0 Å². The molecule has 0 bridgehead atoms. The Morgan fingerprint density at radius 3 is 2.91 bits per heavy atom. The SMILES string of the molecule is CC(C)(C)c1cnc(CN2CCO[C@@H](Cn3cccn3)C2)o1. The van der Waals surface area contributed by atoms with Gasteiger partial charge >= 0.3 is 0 Å². The van der Waals surface area contributed by atoms with Gasteiger partial charge in [0.1, 0.15) is 5.76 Å². The van der Waals surface area contributed by atoms with E-state index in [1.165, 1.54) is 0 Å². The van der Waals surface area contributed by atoms with Crippen molar-refractivity contribution in [3.8, 4) is 0 Å². The van der Waals surface area contributed by atoms with Crippen LogP contribution in [0.2, 0.25) is 0 Å². The van der Waals surface area contributed by atoms with Gasteiger partial charge < -0.3 is 9.15 Å². The number of aromatic nitrogens is 3. The highest BCUT2D eigenvalue weighted by molar-refractivity contribution is 5.06. The molecule has 0 N–H and O–H groups in total. The Balaban J connectivity index is 1.57. The number of hydrogen-bond acceptors (Lipinski definition) is 5. The van der Waals surface area contributed by atoms with E-state index < -0.39 is 0 Å². The van der Waals surface area contributed by atoms with Gasteiger partial charge in [-0.2, -0.15) is 5.10 Å². The molecule has 6 nitrogen and oxygen atoms in total. The second kappa shape index (κ2) is 6.22. The molecule has 0 unspecified atom stereocenters. The first kappa shape index (κ1) is 15.2. The van der Waals surface area contributed by atoms with Gasteiger partial charge in [-0.05, 0) is 6.07 Å². The Morgan fingerprint density at radius 1 is 1.36 bits per heavy atom. The van der Waals surface area contributed by atoms with Crippen molar-refractivity contribution < 1.29 is 9.15 Å². The summed E-state index contributed by atoms with van der Waals surface area (Å²) < 4.78 is 13.6. The number of ether oxygens (including phenoxy) is 1. The van der Waals surface area contributed by atoms with Crippen molar-refractivity contribution >= 4 is 0 Å². The van der Waals surface area contributed by atoms with E-state index in [4.69, 9.17) is 9.15 Å². The molecule has 6 heteroatoms. The molecule has 0 radical (unpaired) electrons. The summed E-state index contributed by atoms with van der Waals surface area (Å²) >= 11 is 0. The molecule has 22 heavy (non-hydrogen) atoms. The van der Waals surface area contributed by atoms with E-state index in [9.17, 15) is 0 Å². The van der Waals surface area contributed by atoms with Crippen LogP contribution in [0.4, 0.5) is 0 Å². The van der Waals surface area contributed by atoms with Gasteiger partial charge in [0.15, 0.2) is 0 Å². The van der Waals surface area contributed by atoms with Crippen LogP contribution in [0.3, 0.4) is 0 Å². The lowest BCUT2D eigenvalue weighted by molar-refractivity contribution is -0.0423. The lowest BCUT2D eigenvalue weighted by Gasteiger charge is -2.32. The molecular formula is C16H24N4O2. The van der Waals surface area contributed by atoms with Gasteiger partial charge in [-0.25, -0.2) is 4.98 Å². The van der Waals surface area contributed by atoms with Crippen LogP contribution in [0.25, 0.3) is 0 Å². The normalized spacial score (nSPS) is 20.4. The maximum absolute atomic E-state index is 5.88. The summed E-state index contributed by atoms with van der Waals surface area (Å²) in [5, 5.41) is 4.24. The standard InChI is InChI=1S/C16H24N4O2/c1-16(2,3)14-9-17-15(22-14)12-19-7-8-21-13(10-19)11-20-6-4-5-18-20/h4-6,9,13H,7-8,10-12H2,1-3H3/t13-/m1/s1. The third kappa shape index (κ3) is 3.75. The zero-order valence-corrected chi connectivity index (χ0v) is 13.5. The molecule has 3 heterocycles. The van der Waals surface area contributed by atoms with E-state index in [0.717, 1.165) is 44.4 Å². The van der Waals surface area contributed by atoms with Crippen LogP contribution in [-0.4, -0.2) is 45.5 Å². The van der Waals surface area contributed by atoms with Crippen molar-refractivity contribution in [3.63, 3.8) is 0 Å². The largest absolute Gasteiger partial charge is 0.444 e. The first-order valence-corrected chi connectivity index (χ1v) is 7.77. The van der Waals surface area contributed by atoms with Crippen molar-refractivity contribution in [2.24, 2.45) is 0 Å². The lowest BCUT2D eigenvalue weighted by Crippen LogP contribution is -2.43. The summed E-state index contributed by atoms with van der Waals surface area (Å²) in [6.45, 7) is 10.4. The molecule has 0 aliphatic carbocycles. The highest BCUT2D eigenvalue weighted by atomic mass is 16.5. The van der Waals surface area contributed by atoms with Crippen molar-refractivity contribution in [1.29, 1.82) is 0 Å². The molecule has 0 spiro atoms. The Hall–Kier alpha value is -1.66. The Bertz CT molecular complexity index is 586. The van der Waals surface area contributed by atoms with E-state index in [1.54, 1.807) is 6.20 Å². The quantitative estimate of drug-likeness (QED) is 0.865. The van der Waals surface area contributed by atoms with Gasteiger partial charge in [0, 0.05) is 30.9 Å². The Morgan fingerprint density at radius 2 is 2.23 bits per heavy atom. The zero-order chi connectivity index (χ0) is 15.6. The summed E-state index contributed by atoms with van der Waals surface area (Å²) in [5.74, 6) is 1.72. The second-order valence-electron chi connectivity index (χ2n) is 6.82. The predicted molar refractivity (Wildman–Crippen MR) is 82.4 cm³/mol. The fraction of sp³-hybridized carbons (Fsp3) is 0.625. The number of oxazole rings is 1. The van der Waals surface area contributed by atoms with Crippen LogP contribution in [-0.2, 0) is 23.2 Å². The minimum Gasteiger partial charge on any atom is -0.444 e. The number of hydrogen-bond donors (Lipinski definition) is 0. The predicted octanol–water partition coefficient (Wildman–Crippen LogP) is 2.07. The van der Waals surface area contributed by atoms with Gasteiger partial charge in [0.05, 0.1) is 32.0 Å². The molecule has 1 aliphatic heterocycles. The summed E-state index contributed by atoms with van der Waals surface area (Å²) in [6, 6.07) is 1.93. The van der Waals surface area contributed by atoms with Crippen LogP contribution in [0.1, 0.15) is 32.4 Å². The van der Waals surface area contributed by atoms with Gasteiger partial charge in [-0.3, -0.25) is 9.58 Å². The summed E-state index contributed by atoms with van der Waals surface area (Å²) in [7, 11) is 0. The first-order chi connectivity index (χ1) is 10.5. The van der Waals surface area contributed by atoms with Crippen LogP contribution in [0.5, 0.6) is 0 Å². The topological polar surface area (TPSA) is 56.3 Å². The first-order valence-electron chi connectivity index (χ1n) is 7.77. The molecule has 3 rings (SSSR count). The van der Waals surface area contributed by atoms with E-state index in [1.807, 2.05) is 23.1 Å². The Kier molecular flexibility index (Phi) is 4.31. The minimum atomic E-state index is -0.00110. The molecule has 2 aromatic heterocycles.